The number of carbonyl (C=O) groups excluding carboxylic acids is 1. The SMILES string of the molecule is CCOCC(C)NC(=O)C(N)c1cnn(C)c1. The Morgan fingerprint density at radius 1 is 1.71 bits per heavy atom. The number of hydrogen-bond donors (Lipinski definition) is 2. The quantitative estimate of drug-likeness (QED) is 0.731. The first-order valence-electron chi connectivity index (χ1n) is 5.66. The van der Waals surface area contributed by atoms with Gasteiger partial charge in [0.2, 0.25) is 5.91 Å². The average molecular weight is 240 g/mol. The number of nitrogens with one attached hydrogen (secondary N) is 1. The molecule has 3 N–H and O–H groups in total. The van der Waals surface area contributed by atoms with Crippen molar-refractivity contribution in [2.45, 2.75) is 25.9 Å². The van der Waals surface area contributed by atoms with Gasteiger partial charge in [0, 0.05) is 31.5 Å². The van der Waals surface area contributed by atoms with E-state index in [-0.39, 0.29) is 11.9 Å². The van der Waals surface area contributed by atoms with Gasteiger partial charge in [-0.2, -0.15) is 5.10 Å². The van der Waals surface area contributed by atoms with E-state index in [1.807, 2.05) is 13.8 Å². The van der Waals surface area contributed by atoms with Crippen LogP contribution in [0.15, 0.2) is 12.4 Å². The maximum absolute atomic E-state index is 11.8. The Morgan fingerprint density at radius 3 is 2.94 bits per heavy atom. The first kappa shape index (κ1) is 13.7. The number of carbonyl (C=O) groups is 1. The second kappa shape index (κ2) is 6.36. The van der Waals surface area contributed by atoms with Crippen LogP contribution in [0.3, 0.4) is 0 Å². The van der Waals surface area contributed by atoms with Crippen LogP contribution in [0.25, 0.3) is 0 Å². The Labute approximate surface area is 101 Å². The maximum atomic E-state index is 11.8. The van der Waals surface area contributed by atoms with E-state index in [0.717, 1.165) is 0 Å². The van der Waals surface area contributed by atoms with Gasteiger partial charge in [-0.1, -0.05) is 0 Å². The number of rotatable bonds is 6. The van der Waals surface area contributed by atoms with Gasteiger partial charge in [-0.15, -0.1) is 0 Å². The van der Waals surface area contributed by atoms with Crippen LogP contribution in [0.1, 0.15) is 25.5 Å². The Morgan fingerprint density at radius 2 is 2.41 bits per heavy atom. The molecule has 2 unspecified atom stereocenters. The summed E-state index contributed by atoms with van der Waals surface area (Å²) in [7, 11) is 1.78. The Bertz CT molecular complexity index is 364. The molecular formula is C11H20N4O2. The summed E-state index contributed by atoms with van der Waals surface area (Å²) in [5.41, 5.74) is 6.53. The maximum Gasteiger partial charge on any atom is 0.241 e. The zero-order valence-corrected chi connectivity index (χ0v) is 10.5. The molecule has 1 amide bonds. The fourth-order valence-corrected chi connectivity index (χ4v) is 1.42. The van der Waals surface area contributed by atoms with Crippen LogP contribution in [0.4, 0.5) is 0 Å². The summed E-state index contributed by atoms with van der Waals surface area (Å²) in [5.74, 6) is -0.217. The van der Waals surface area contributed by atoms with Crippen molar-refractivity contribution in [3.8, 4) is 0 Å². The van der Waals surface area contributed by atoms with Gasteiger partial charge in [0.25, 0.3) is 0 Å². The number of ether oxygens (including phenoxy) is 1. The van der Waals surface area contributed by atoms with Crippen LogP contribution >= 0.6 is 0 Å². The highest BCUT2D eigenvalue weighted by Crippen LogP contribution is 2.08. The smallest absolute Gasteiger partial charge is 0.241 e. The molecule has 0 bridgehead atoms. The average Bonchev–Trinajstić information content (AvgIpc) is 2.72. The summed E-state index contributed by atoms with van der Waals surface area (Å²) in [6.45, 7) is 4.91. The normalized spacial score (nSPS) is 14.4. The molecule has 0 spiro atoms. The van der Waals surface area contributed by atoms with Crippen molar-refractivity contribution in [2.24, 2.45) is 12.8 Å². The number of nitrogens with two attached hydrogens (primary N) is 1. The van der Waals surface area contributed by atoms with Crippen LogP contribution in [-0.4, -0.2) is 34.9 Å². The molecule has 6 heteroatoms. The number of hydrogen-bond acceptors (Lipinski definition) is 4. The van der Waals surface area contributed by atoms with Gasteiger partial charge >= 0.3 is 0 Å². The molecule has 0 aliphatic rings. The summed E-state index contributed by atoms with van der Waals surface area (Å²) < 4.78 is 6.83. The second-order valence-electron chi connectivity index (χ2n) is 3.99. The molecule has 2 atom stereocenters. The Hall–Kier alpha value is -1.40. The molecule has 6 nitrogen and oxygen atoms in total. The number of aromatic nitrogens is 2. The predicted molar refractivity (Wildman–Crippen MR) is 64.2 cm³/mol. The topological polar surface area (TPSA) is 82.2 Å². The fourth-order valence-electron chi connectivity index (χ4n) is 1.42. The van der Waals surface area contributed by atoms with Gasteiger partial charge in [-0.05, 0) is 13.8 Å². The monoisotopic (exact) mass is 240 g/mol. The van der Waals surface area contributed by atoms with Gasteiger partial charge in [-0.3, -0.25) is 9.48 Å². The molecule has 0 fully saturated rings. The van der Waals surface area contributed by atoms with Crippen molar-refractivity contribution in [2.75, 3.05) is 13.2 Å². The fraction of sp³-hybridized carbons (Fsp3) is 0.636. The van der Waals surface area contributed by atoms with Gasteiger partial charge in [-0.25, -0.2) is 0 Å². The Balaban J connectivity index is 2.47. The van der Waals surface area contributed by atoms with Gasteiger partial charge in [0.05, 0.1) is 12.8 Å². The number of aryl methyl sites for hydroxylation is 1. The second-order valence-corrected chi connectivity index (χ2v) is 3.99. The highest BCUT2D eigenvalue weighted by atomic mass is 16.5. The summed E-state index contributed by atoms with van der Waals surface area (Å²) in [4.78, 5) is 11.8. The van der Waals surface area contributed by atoms with Crippen molar-refractivity contribution in [1.29, 1.82) is 0 Å². The third kappa shape index (κ3) is 4.16. The zero-order valence-electron chi connectivity index (χ0n) is 10.5. The summed E-state index contributed by atoms with van der Waals surface area (Å²) in [6.07, 6.45) is 3.33. The lowest BCUT2D eigenvalue weighted by Gasteiger charge is -2.16. The molecule has 1 heterocycles. The van der Waals surface area contributed by atoms with Crippen LogP contribution in [-0.2, 0) is 16.6 Å². The minimum absolute atomic E-state index is 0.0508. The van der Waals surface area contributed by atoms with Crippen LogP contribution in [0.5, 0.6) is 0 Å². The standard InChI is InChI=1S/C11H20N4O2/c1-4-17-7-8(2)14-11(16)10(12)9-5-13-15(3)6-9/h5-6,8,10H,4,7,12H2,1-3H3,(H,14,16). The molecule has 0 aliphatic heterocycles. The first-order chi connectivity index (χ1) is 8.04. The predicted octanol–water partition coefficient (Wildman–Crippen LogP) is -0.0389. The molecule has 17 heavy (non-hydrogen) atoms. The molecule has 0 aliphatic carbocycles. The van der Waals surface area contributed by atoms with E-state index in [1.165, 1.54) is 0 Å². The van der Waals surface area contributed by atoms with E-state index in [4.69, 9.17) is 10.5 Å². The third-order valence-corrected chi connectivity index (χ3v) is 2.33. The van der Waals surface area contributed by atoms with Gasteiger partial charge in [0.15, 0.2) is 0 Å². The van der Waals surface area contributed by atoms with Crippen LogP contribution in [0.2, 0.25) is 0 Å². The third-order valence-electron chi connectivity index (χ3n) is 2.33. The molecule has 0 aromatic carbocycles. The molecule has 96 valence electrons. The lowest BCUT2D eigenvalue weighted by Crippen LogP contribution is -2.41. The van der Waals surface area contributed by atoms with Crippen molar-refractivity contribution >= 4 is 5.91 Å². The van der Waals surface area contributed by atoms with Gasteiger partial charge in [0.1, 0.15) is 6.04 Å². The number of nitrogens with zero attached hydrogens (tertiary/aromatic N) is 2. The minimum Gasteiger partial charge on any atom is -0.380 e. The van der Waals surface area contributed by atoms with E-state index >= 15 is 0 Å². The van der Waals surface area contributed by atoms with E-state index < -0.39 is 6.04 Å². The summed E-state index contributed by atoms with van der Waals surface area (Å²) >= 11 is 0. The molecule has 1 aromatic rings. The van der Waals surface area contributed by atoms with Gasteiger partial charge < -0.3 is 15.8 Å². The molecule has 0 saturated carbocycles. The highest BCUT2D eigenvalue weighted by Gasteiger charge is 2.18. The van der Waals surface area contributed by atoms with Crippen LogP contribution < -0.4 is 11.1 Å². The number of amides is 1. The largest absolute Gasteiger partial charge is 0.380 e. The molecular weight excluding hydrogens is 220 g/mol. The molecule has 1 rings (SSSR count). The molecule has 1 aromatic heterocycles. The molecule has 0 saturated heterocycles. The summed E-state index contributed by atoms with van der Waals surface area (Å²) in [5, 5.41) is 6.78. The van der Waals surface area contributed by atoms with Crippen molar-refractivity contribution < 1.29 is 9.53 Å². The highest BCUT2D eigenvalue weighted by molar-refractivity contribution is 5.83. The van der Waals surface area contributed by atoms with Crippen molar-refractivity contribution in [1.82, 2.24) is 15.1 Å². The van der Waals surface area contributed by atoms with E-state index in [1.54, 1.807) is 24.1 Å². The lowest BCUT2D eigenvalue weighted by atomic mass is 10.1. The lowest BCUT2D eigenvalue weighted by molar-refractivity contribution is -0.123. The van der Waals surface area contributed by atoms with E-state index in [2.05, 4.69) is 10.4 Å². The minimum atomic E-state index is -0.687. The van der Waals surface area contributed by atoms with E-state index in [0.29, 0.717) is 18.8 Å². The Kier molecular flexibility index (Phi) is 5.11. The van der Waals surface area contributed by atoms with Crippen molar-refractivity contribution in [3.05, 3.63) is 18.0 Å². The zero-order chi connectivity index (χ0) is 12.8. The first-order valence-corrected chi connectivity index (χ1v) is 5.66. The van der Waals surface area contributed by atoms with Crippen molar-refractivity contribution in [3.63, 3.8) is 0 Å². The van der Waals surface area contributed by atoms with E-state index in [9.17, 15) is 4.79 Å². The van der Waals surface area contributed by atoms with Crippen LogP contribution in [0, 0.1) is 0 Å². The summed E-state index contributed by atoms with van der Waals surface area (Å²) in [6, 6.07) is -0.738. The molecule has 0 radical (unpaired) electrons.